The number of anilines is 1. The van der Waals surface area contributed by atoms with Crippen molar-refractivity contribution in [1.82, 2.24) is 9.97 Å². The number of hydrogen-bond donors (Lipinski definition) is 1. The molecule has 1 aromatic rings. The minimum atomic E-state index is 0.297. The molecule has 0 amide bonds. The summed E-state index contributed by atoms with van der Waals surface area (Å²) >= 11 is 6.27. The van der Waals surface area contributed by atoms with Crippen LogP contribution in [0.15, 0.2) is 6.33 Å². The molecule has 0 saturated heterocycles. The number of aromatic nitrogens is 2. The van der Waals surface area contributed by atoms with Gasteiger partial charge in [-0.2, -0.15) is 0 Å². The second-order valence-corrected chi connectivity index (χ2v) is 5.23. The van der Waals surface area contributed by atoms with Crippen LogP contribution in [0.1, 0.15) is 31.7 Å². The van der Waals surface area contributed by atoms with Crippen LogP contribution in [0.3, 0.4) is 0 Å². The first kappa shape index (κ1) is 13.4. The molecule has 1 aliphatic rings. The summed E-state index contributed by atoms with van der Waals surface area (Å²) < 4.78 is 5.45. The molecule has 4 nitrogen and oxygen atoms in total. The first-order chi connectivity index (χ1) is 8.72. The minimum Gasteiger partial charge on any atom is -0.478 e. The molecule has 1 heterocycles. The highest BCUT2D eigenvalue weighted by molar-refractivity contribution is 6.20. The van der Waals surface area contributed by atoms with E-state index < -0.39 is 0 Å². The van der Waals surface area contributed by atoms with E-state index in [1.54, 1.807) is 0 Å². The fourth-order valence-corrected chi connectivity index (χ4v) is 2.71. The molecule has 0 aliphatic heterocycles. The third-order valence-electron chi connectivity index (χ3n) is 3.42. The Hall–Kier alpha value is -1.03. The Morgan fingerprint density at radius 1 is 1.44 bits per heavy atom. The Balaban J connectivity index is 1.98. The maximum atomic E-state index is 6.27. The molecule has 2 unspecified atom stereocenters. The average molecular weight is 270 g/mol. The Labute approximate surface area is 113 Å². The van der Waals surface area contributed by atoms with Crippen LogP contribution in [0, 0.1) is 12.8 Å². The Bertz CT molecular complexity index is 400. The van der Waals surface area contributed by atoms with Crippen LogP contribution in [0.2, 0.25) is 0 Å². The highest BCUT2D eigenvalue weighted by atomic mass is 35.5. The van der Waals surface area contributed by atoms with E-state index in [9.17, 15) is 0 Å². The van der Waals surface area contributed by atoms with Crippen molar-refractivity contribution in [1.29, 1.82) is 0 Å². The molecule has 2 rings (SSSR count). The van der Waals surface area contributed by atoms with Crippen molar-refractivity contribution in [2.75, 3.05) is 18.5 Å². The largest absolute Gasteiger partial charge is 0.478 e. The monoisotopic (exact) mass is 269 g/mol. The lowest BCUT2D eigenvalue weighted by molar-refractivity contribution is 0.324. The summed E-state index contributed by atoms with van der Waals surface area (Å²) in [6.07, 6.45) is 5.09. The summed E-state index contributed by atoms with van der Waals surface area (Å²) in [7, 11) is 0. The molecule has 1 fully saturated rings. The van der Waals surface area contributed by atoms with Gasteiger partial charge in [0.1, 0.15) is 12.1 Å². The predicted octanol–water partition coefficient (Wildman–Crippen LogP) is 3.00. The number of alkyl halides is 1. The quantitative estimate of drug-likeness (QED) is 0.835. The van der Waals surface area contributed by atoms with Crippen LogP contribution in [-0.4, -0.2) is 28.5 Å². The zero-order chi connectivity index (χ0) is 13.0. The zero-order valence-corrected chi connectivity index (χ0v) is 11.7. The van der Waals surface area contributed by atoms with E-state index in [0.29, 0.717) is 23.8 Å². The van der Waals surface area contributed by atoms with Crippen molar-refractivity contribution >= 4 is 17.4 Å². The van der Waals surface area contributed by atoms with Gasteiger partial charge in [0.05, 0.1) is 12.2 Å². The number of rotatable bonds is 5. The number of halogens is 1. The maximum absolute atomic E-state index is 6.27. The second-order valence-electron chi connectivity index (χ2n) is 4.67. The first-order valence-corrected chi connectivity index (χ1v) is 6.98. The van der Waals surface area contributed by atoms with Gasteiger partial charge < -0.3 is 10.1 Å². The van der Waals surface area contributed by atoms with Gasteiger partial charge in [-0.1, -0.05) is 6.42 Å². The van der Waals surface area contributed by atoms with Crippen LogP contribution in [0.25, 0.3) is 0 Å². The Morgan fingerprint density at radius 3 is 2.94 bits per heavy atom. The van der Waals surface area contributed by atoms with E-state index in [1.165, 1.54) is 19.2 Å². The number of nitrogens with zero attached hydrogens (tertiary/aromatic N) is 2. The van der Waals surface area contributed by atoms with Crippen molar-refractivity contribution in [2.24, 2.45) is 5.92 Å². The van der Waals surface area contributed by atoms with Gasteiger partial charge in [0, 0.05) is 11.9 Å². The maximum Gasteiger partial charge on any atom is 0.221 e. The van der Waals surface area contributed by atoms with Gasteiger partial charge in [-0.3, -0.25) is 0 Å². The first-order valence-electron chi connectivity index (χ1n) is 6.54. The molecule has 1 aliphatic carbocycles. The SMILES string of the molecule is CCOc1ncnc(NCC2CCCC2Cl)c1C. The molecule has 0 radical (unpaired) electrons. The summed E-state index contributed by atoms with van der Waals surface area (Å²) in [5.41, 5.74) is 0.962. The highest BCUT2D eigenvalue weighted by Crippen LogP contribution is 2.30. The van der Waals surface area contributed by atoms with Crippen molar-refractivity contribution < 1.29 is 4.74 Å². The zero-order valence-electron chi connectivity index (χ0n) is 10.9. The molecular formula is C13H20ClN3O. The predicted molar refractivity (Wildman–Crippen MR) is 73.4 cm³/mol. The fraction of sp³-hybridized carbons (Fsp3) is 0.692. The molecular weight excluding hydrogens is 250 g/mol. The van der Waals surface area contributed by atoms with Crippen LogP contribution < -0.4 is 10.1 Å². The molecule has 0 bridgehead atoms. The van der Waals surface area contributed by atoms with E-state index in [0.717, 1.165) is 24.3 Å². The van der Waals surface area contributed by atoms with Gasteiger partial charge in [0.25, 0.3) is 0 Å². The van der Waals surface area contributed by atoms with E-state index in [4.69, 9.17) is 16.3 Å². The standard InChI is InChI=1S/C13H20ClN3O/c1-3-18-13-9(2)12(16-8-17-13)15-7-10-5-4-6-11(10)14/h8,10-11H,3-7H2,1-2H3,(H,15,16,17). The Kier molecular flexibility index (Phi) is 4.64. The van der Waals surface area contributed by atoms with Crippen molar-refractivity contribution in [3.63, 3.8) is 0 Å². The number of ether oxygens (including phenoxy) is 1. The van der Waals surface area contributed by atoms with Crippen LogP contribution in [0.4, 0.5) is 5.82 Å². The third kappa shape index (κ3) is 3.05. The smallest absolute Gasteiger partial charge is 0.221 e. The average Bonchev–Trinajstić information content (AvgIpc) is 2.76. The molecule has 1 N–H and O–H groups in total. The topological polar surface area (TPSA) is 47.0 Å². The Morgan fingerprint density at radius 2 is 2.28 bits per heavy atom. The lowest BCUT2D eigenvalue weighted by atomic mass is 10.1. The van der Waals surface area contributed by atoms with Gasteiger partial charge >= 0.3 is 0 Å². The normalized spacial score (nSPS) is 23.1. The molecule has 1 aromatic heterocycles. The summed E-state index contributed by atoms with van der Waals surface area (Å²) in [4.78, 5) is 8.39. The molecule has 18 heavy (non-hydrogen) atoms. The molecule has 2 atom stereocenters. The summed E-state index contributed by atoms with van der Waals surface area (Å²) in [5.74, 6) is 2.05. The summed E-state index contributed by atoms with van der Waals surface area (Å²) in [6.45, 7) is 5.41. The lowest BCUT2D eigenvalue weighted by Crippen LogP contribution is -2.19. The van der Waals surface area contributed by atoms with Crippen LogP contribution in [-0.2, 0) is 0 Å². The summed E-state index contributed by atoms with van der Waals surface area (Å²) in [6, 6.07) is 0. The van der Waals surface area contributed by atoms with Gasteiger partial charge in [-0.05, 0) is 32.6 Å². The summed E-state index contributed by atoms with van der Waals surface area (Å²) in [5, 5.41) is 3.67. The van der Waals surface area contributed by atoms with E-state index in [2.05, 4.69) is 15.3 Å². The lowest BCUT2D eigenvalue weighted by Gasteiger charge is -2.16. The minimum absolute atomic E-state index is 0.297. The number of hydrogen-bond acceptors (Lipinski definition) is 4. The molecule has 0 aromatic carbocycles. The van der Waals surface area contributed by atoms with Crippen molar-refractivity contribution in [3.05, 3.63) is 11.9 Å². The molecule has 1 saturated carbocycles. The molecule has 100 valence electrons. The van der Waals surface area contributed by atoms with E-state index >= 15 is 0 Å². The number of nitrogens with one attached hydrogen (secondary N) is 1. The fourth-order valence-electron chi connectivity index (χ4n) is 2.34. The molecule has 0 spiro atoms. The van der Waals surface area contributed by atoms with Crippen molar-refractivity contribution in [3.8, 4) is 5.88 Å². The van der Waals surface area contributed by atoms with Gasteiger partial charge in [-0.25, -0.2) is 9.97 Å². The second kappa shape index (κ2) is 6.23. The van der Waals surface area contributed by atoms with Gasteiger partial charge in [0.15, 0.2) is 0 Å². The molecule has 5 heteroatoms. The van der Waals surface area contributed by atoms with E-state index in [-0.39, 0.29) is 0 Å². The van der Waals surface area contributed by atoms with Gasteiger partial charge in [-0.15, -0.1) is 11.6 Å². The van der Waals surface area contributed by atoms with Crippen molar-refractivity contribution in [2.45, 2.75) is 38.5 Å². The highest BCUT2D eigenvalue weighted by Gasteiger charge is 2.25. The van der Waals surface area contributed by atoms with E-state index in [1.807, 2.05) is 13.8 Å². The van der Waals surface area contributed by atoms with Crippen LogP contribution in [0.5, 0.6) is 5.88 Å². The van der Waals surface area contributed by atoms with Gasteiger partial charge in [0.2, 0.25) is 5.88 Å². The third-order valence-corrected chi connectivity index (χ3v) is 3.99. The van der Waals surface area contributed by atoms with Crippen LogP contribution >= 0.6 is 11.6 Å².